The Morgan fingerprint density at radius 3 is 2.50 bits per heavy atom. The largest absolute Gasteiger partial charge is 0.323 e. The van der Waals surface area contributed by atoms with E-state index in [4.69, 9.17) is 5.73 Å². The van der Waals surface area contributed by atoms with Gasteiger partial charge in [-0.25, -0.2) is 0 Å². The number of hydrogen-bond donors (Lipinski definition) is 1. The molecule has 2 fully saturated rings. The lowest BCUT2D eigenvalue weighted by molar-refractivity contribution is 0.220. The summed E-state index contributed by atoms with van der Waals surface area (Å²) in [5, 5.41) is 0. The van der Waals surface area contributed by atoms with Crippen molar-refractivity contribution >= 4 is 0 Å². The van der Waals surface area contributed by atoms with Gasteiger partial charge in [0, 0.05) is 30.1 Å². The van der Waals surface area contributed by atoms with Crippen molar-refractivity contribution in [3.8, 4) is 0 Å². The molecule has 1 aliphatic carbocycles. The van der Waals surface area contributed by atoms with Crippen molar-refractivity contribution in [2.45, 2.75) is 31.8 Å². The van der Waals surface area contributed by atoms with Crippen LogP contribution in [-0.4, -0.2) is 23.5 Å². The fraction of sp³-hybridized carbons (Fsp3) is 0.571. The number of likely N-dealkylation sites (tertiary alicyclic amines) is 1. The summed E-state index contributed by atoms with van der Waals surface area (Å²) in [6.45, 7) is 6.82. The monoisotopic (exact) mass is 216 g/mol. The second-order valence-corrected chi connectivity index (χ2v) is 5.89. The first-order chi connectivity index (χ1) is 7.54. The molecule has 1 aromatic rings. The summed E-state index contributed by atoms with van der Waals surface area (Å²) in [6, 6.07) is 11.2. The van der Waals surface area contributed by atoms with E-state index in [9.17, 15) is 0 Å². The van der Waals surface area contributed by atoms with Crippen LogP contribution in [0, 0.1) is 5.41 Å². The van der Waals surface area contributed by atoms with Gasteiger partial charge < -0.3 is 5.73 Å². The SMILES string of the molecule is CC(c1ccccc1)N1CC2(C)CC2(N)C1. The second kappa shape index (κ2) is 3.08. The Morgan fingerprint density at radius 2 is 1.94 bits per heavy atom. The van der Waals surface area contributed by atoms with Crippen LogP contribution < -0.4 is 5.73 Å². The van der Waals surface area contributed by atoms with Crippen LogP contribution in [0.4, 0.5) is 0 Å². The lowest BCUT2D eigenvalue weighted by atomic mass is 10.1. The van der Waals surface area contributed by atoms with Gasteiger partial charge in [0.25, 0.3) is 0 Å². The second-order valence-electron chi connectivity index (χ2n) is 5.89. The predicted molar refractivity (Wildman–Crippen MR) is 66.1 cm³/mol. The normalized spacial score (nSPS) is 39.4. The Bertz CT molecular complexity index is 386. The molecule has 1 saturated heterocycles. The highest BCUT2D eigenvalue weighted by Gasteiger charge is 2.67. The van der Waals surface area contributed by atoms with Gasteiger partial charge in [0.1, 0.15) is 0 Å². The Morgan fingerprint density at radius 1 is 1.25 bits per heavy atom. The number of piperidine rings is 1. The van der Waals surface area contributed by atoms with E-state index in [1.807, 2.05) is 0 Å². The Hall–Kier alpha value is -0.860. The number of fused-ring (bicyclic) bond motifs is 1. The first-order valence-corrected chi connectivity index (χ1v) is 6.12. The zero-order valence-corrected chi connectivity index (χ0v) is 10.1. The van der Waals surface area contributed by atoms with Crippen molar-refractivity contribution in [2.24, 2.45) is 11.1 Å². The highest BCUT2D eigenvalue weighted by Crippen LogP contribution is 2.60. The van der Waals surface area contributed by atoms with E-state index in [1.54, 1.807) is 0 Å². The highest BCUT2D eigenvalue weighted by molar-refractivity contribution is 5.27. The molecule has 0 amide bonds. The molecule has 2 heteroatoms. The molecule has 16 heavy (non-hydrogen) atoms. The van der Waals surface area contributed by atoms with Crippen LogP contribution >= 0.6 is 0 Å². The minimum atomic E-state index is 0.107. The standard InChI is InChI=1S/C14H20N2/c1-11(12-6-4-3-5-7-12)16-9-13(2)8-14(13,15)10-16/h3-7,11H,8-10,15H2,1-2H3. The zero-order chi connectivity index (χ0) is 11.4. The summed E-state index contributed by atoms with van der Waals surface area (Å²) in [5.41, 5.74) is 8.24. The summed E-state index contributed by atoms with van der Waals surface area (Å²) in [7, 11) is 0. The number of rotatable bonds is 2. The molecule has 86 valence electrons. The molecule has 0 bridgehead atoms. The van der Waals surface area contributed by atoms with E-state index in [-0.39, 0.29) is 5.54 Å². The van der Waals surface area contributed by atoms with Gasteiger partial charge in [-0.15, -0.1) is 0 Å². The third-order valence-electron chi connectivity index (χ3n) is 4.65. The van der Waals surface area contributed by atoms with Gasteiger partial charge in [-0.05, 0) is 18.9 Å². The molecular weight excluding hydrogens is 196 g/mol. The summed E-state index contributed by atoms with van der Waals surface area (Å²) < 4.78 is 0. The molecule has 1 aromatic carbocycles. The number of nitrogens with two attached hydrogens (primary N) is 1. The van der Waals surface area contributed by atoms with E-state index >= 15 is 0 Å². The zero-order valence-electron chi connectivity index (χ0n) is 10.1. The molecule has 1 aliphatic heterocycles. The van der Waals surface area contributed by atoms with Crippen molar-refractivity contribution in [1.29, 1.82) is 0 Å². The maximum absolute atomic E-state index is 6.35. The van der Waals surface area contributed by atoms with Crippen LogP contribution in [0.25, 0.3) is 0 Å². The van der Waals surface area contributed by atoms with Gasteiger partial charge >= 0.3 is 0 Å². The Labute approximate surface area is 97.4 Å². The molecule has 3 atom stereocenters. The number of hydrogen-bond acceptors (Lipinski definition) is 2. The lowest BCUT2D eigenvalue weighted by Crippen LogP contribution is -2.34. The molecule has 0 radical (unpaired) electrons. The fourth-order valence-electron chi connectivity index (χ4n) is 3.19. The maximum Gasteiger partial charge on any atom is 0.0357 e. The number of nitrogens with zero attached hydrogens (tertiary/aromatic N) is 1. The van der Waals surface area contributed by atoms with Crippen molar-refractivity contribution in [3.63, 3.8) is 0 Å². The quantitative estimate of drug-likeness (QED) is 0.821. The van der Waals surface area contributed by atoms with Gasteiger partial charge in [0.15, 0.2) is 0 Å². The molecule has 2 N–H and O–H groups in total. The van der Waals surface area contributed by atoms with E-state index in [0.717, 1.165) is 13.1 Å². The molecule has 2 aliphatic rings. The highest BCUT2D eigenvalue weighted by atomic mass is 15.3. The van der Waals surface area contributed by atoms with Gasteiger partial charge in [-0.3, -0.25) is 4.90 Å². The van der Waals surface area contributed by atoms with E-state index < -0.39 is 0 Å². The molecular formula is C14H20N2. The fourth-order valence-corrected chi connectivity index (χ4v) is 3.19. The molecule has 1 saturated carbocycles. The first-order valence-electron chi connectivity index (χ1n) is 6.12. The third-order valence-corrected chi connectivity index (χ3v) is 4.65. The average Bonchev–Trinajstić information content (AvgIpc) is 2.69. The molecule has 3 unspecified atom stereocenters. The van der Waals surface area contributed by atoms with Crippen LogP contribution in [0.15, 0.2) is 30.3 Å². The van der Waals surface area contributed by atoms with Gasteiger partial charge in [0.2, 0.25) is 0 Å². The van der Waals surface area contributed by atoms with E-state index in [2.05, 4.69) is 49.1 Å². The maximum atomic E-state index is 6.35. The molecule has 2 nitrogen and oxygen atoms in total. The molecule has 1 heterocycles. The van der Waals surface area contributed by atoms with Crippen LogP contribution in [-0.2, 0) is 0 Å². The summed E-state index contributed by atoms with van der Waals surface area (Å²) in [6.07, 6.45) is 1.21. The van der Waals surface area contributed by atoms with Gasteiger partial charge in [-0.2, -0.15) is 0 Å². The molecule has 0 aromatic heterocycles. The van der Waals surface area contributed by atoms with Gasteiger partial charge in [0.05, 0.1) is 0 Å². The predicted octanol–water partition coefficient (Wildman–Crippen LogP) is 2.17. The van der Waals surface area contributed by atoms with Crippen LogP contribution in [0.2, 0.25) is 0 Å². The summed E-state index contributed by atoms with van der Waals surface area (Å²) in [4.78, 5) is 2.53. The molecule has 3 rings (SSSR count). The Kier molecular flexibility index (Phi) is 1.99. The van der Waals surface area contributed by atoms with Crippen molar-refractivity contribution < 1.29 is 0 Å². The van der Waals surface area contributed by atoms with Crippen molar-refractivity contribution in [1.82, 2.24) is 4.90 Å². The van der Waals surface area contributed by atoms with Crippen LogP contribution in [0.1, 0.15) is 31.9 Å². The summed E-state index contributed by atoms with van der Waals surface area (Å²) >= 11 is 0. The van der Waals surface area contributed by atoms with Gasteiger partial charge in [-0.1, -0.05) is 37.3 Å². The average molecular weight is 216 g/mol. The topological polar surface area (TPSA) is 29.3 Å². The van der Waals surface area contributed by atoms with Crippen LogP contribution in [0.5, 0.6) is 0 Å². The summed E-state index contributed by atoms with van der Waals surface area (Å²) in [5.74, 6) is 0. The first kappa shape index (κ1) is 10.3. The number of benzene rings is 1. The minimum absolute atomic E-state index is 0.107. The Balaban J connectivity index is 1.77. The third kappa shape index (κ3) is 1.33. The lowest BCUT2D eigenvalue weighted by Gasteiger charge is -2.27. The van der Waals surface area contributed by atoms with E-state index in [1.165, 1.54) is 12.0 Å². The van der Waals surface area contributed by atoms with Crippen molar-refractivity contribution in [3.05, 3.63) is 35.9 Å². The minimum Gasteiger partial charge on any atom is -0.323 e. The van der Waals surface area contributed by atoms with Crippen LogP contribution in [0.3, 0.4) is 0 Å². The van der Waals surface area contributed by atoms with Crippen molar-refractivity contribution in [2.75, 3.05) is 13.1 Å². The van der Waals surface area contributed by atoms with E-state index in [0.29, 0.717) is 11.5 Å². The smallest absolute Gasteiger partial charge is 0.0357 e. The molecule has 0 spiro atoms.